The molecule has 18 heavy (non-hydrogen) atoms. The molecule has 0 aromatic heterocycles. The number of rotatable bonds is 4. The van der Waals surface area contributed by atoms with Crippen LogP contribution in [0.4, 0.5) is 0 Å². The summed E-state index contributed by atoms with van der Waals surface area (Å²) in [6.07, 6.45) is 1.34. The fraction of sp³-hybridized carbons (Fsp3) is 0.941. The lowest BCUT2D eigenvalue weighted by Gasteiger charge is -2.41. The van der Waals surface area contributed by atoms with Crippen molar-refractivity contribution < 1.29 is 0 Å². The molecule has 0 saturated heterocycles. The molecule has 1 heteroatoms. The Labute approximate surface area is 114 Å². The number of hydrogen-bond acceptors (Lipinski definition) is 1. The van der Waals surface area contributed by atoms with Gasteiger partial charge in [-0.15, -0.1) is 0 Å². The second-order valence-electron chi connectivity index (χ2n) is 7.44. The van der Waals surface area contributed by atoms with Gasteiger partial charge in [-0.1, -0.05) is 55.4 Å². The lowest BCUT2D eigenvalue weighted by Crippen LogP contribution is -2.41. The highest BCUT2D eigenvalue weighted by Crippen LogP contribution is 2.38. The molecule has 1 nitrogen and oxygen atoms in total. The van der Waals surface area contributed by atoms with Crippen molar-refractivity contribution in [3.8, 4) is 0 Å². The van der Waals surface area contributed by atoms with E-state index in [0.29, 0.717) is 23.8 Å². The minimum atomic E-state index is 0.539. The maximum atomic E-state index is 5.20. The molecule has 0 amide bonds. The smallest absolute Gasteiger partial charge is 0.0552 e. The van der Waals surface area contributed by atoms with Gasteiger partial charge < -0.3 is 0 Å². The van der Waals surface area contributed by atoms with Crippen LogP contribution < -0.4 is 0 Å². The number of nitrogens with zero attached hydrogens (tertiary/aromatic N) is 1. The molecule has 1 rings (SSSR count). The lowest BCUT2D eigenvalue weighted by molar-refractivity contribution is 0.202. The molecule has 106 valence electrons. The van der Waals surface area contributed by atoms with Gasteiger partial charge in [0.25, 0.3) is 0 Å². The van der Waals surface area contributed by atoms with Crippen LogP contribution in [0.1, 0.15) is 61.8 Å². The summed E-state index contributed by atoms with van der Waals surface area (Å²) in [4.78, 5) is 5.20. The van der Waals surface area contributed by atoms with Gasteiger partial charge >= 0.3 is 0 Å². The lowest BCUT2D eigenvalue weighted by atomic mass is 9.69. The molecule has 0 radical (unpaired) electrons. The maximum Gasteiger partial charge on any atom is 0.0552 e. The molecule has 0 saturated carbocycles. The third kappa shape index (κ3) is 3.36. The molecule has 0 fully saturated rings. The molecular weight excluding hydrogens is 218 g/mol. The van der Waals surface area contributed by atoms with Crippen molar-refractivity contribution in [1.82, 2.24) is 0 Å². The van der Waals surface area contributed by atoms with Crippen LogP contribution in [0.2, 0.25) is 0 Å². The fourth-order valence-corrected chi connectivity index (χ4v) is 3.42. The van der Waals surface area contributed by atoms with Crippen LogP contribution in [0.5, 0.6) is 0 Å². The zero-order chi connectivity index (χ0) is 14.0. The molecule has 0 aromatic rings. The second-order valence-corrected chi connectivity index (χ2v) is 7.44. The summed E-state index contributed by atoms with van der Waals surface area (Å²) in [6, 6.07) is 0.539. The van der Waals surface area contributed by atoms with Gasteiger partial charge in [0.2, 0.25) is 0 Å². The summed E-state index contributed by atoms with van der Waals surface area (Å²) < 4.78 is 0. The molecule has 1 heterocycles. The molecule has 0 spiro atoms. The van der Waals surface area contributed by atoms with Crippen molar-refractivity contribution in [2.45, 2.75) is 67.9 Å². The van der Waals surface area contributed by atoms with Gasteiger partial charge in [-0.3, -0.25) is 4.99 Å². The van der Waals surface area contributed by atoms with E-state index in [9.17, 15) is 0 Å². The summed E-state index contributed by atoms with van der Waals surface area (Å²) in [5.74, 6) is 4.20. The van der Waals surface area contributed by atoms with Crippen LogP contribution in [-0.2, 0) is 0 Å². The Hall–Kier alpha value is -0.330. The van der Waals surface area contributed by atoms with E-state index in [1.54, 1.807) is 0 Å². The van der Waals surface area contributed by atoms with E-state index in [1.807, 2.05) is 0 Å². The van der Waals surface area contributed by atoms with E-state index < -0.39 is 0 Å². The quantitative estimate of drug-likeness (QED) is 0.662. The fourth-order valence-electron chi connectivity index (χ4n) is 3.42. The minimum Gasteiger partial charge on any atom is -0.290 e. The molecule has 0 aromatic carbocycles. The third-order valence-electron chi connectivity index (χ3n) is 4.58. The SMILES string of the molecule is CC(C)C1=NC(C(C)C)C(C(C)C)CC1C(C)C. The Morgan fingerprint density at radius 3 is 1.72 bits per heavy atom. The highest BCUT2D eigenvalue weighted by Gasteiger charge is 2.37. The normalized spacial score (nSPS) is 29.6. The first kappa shape index (κ1) is 15.7. The Bertz CT molecular complexity index is 286. The monoisotopic (exact) mass is 251 g/mol. The van der Waals surface area contributed by atoms with Crippen LogP contribution in [-0.4, -0.2) is 11.8 Å². The first-order valence-electron chi connectivity index (χ1n) is 7.83. The van der Waals surface area contributed by atoms with E-state index in [1.165, 1.54) is 12.1 Å². The average Bonchev–Trinajstić information content (AvgIpc) is 2.26. The van der Waals surface area contributed by atoms with Crippen LogP contribution in [0.15, 0.2) is 4.99 Å². The van der Waals surface area contributed by atoms with E-state index >= 15 is 0 Å². The van der Waals surface area contributed by atoms with Crippen molar-refractivity contribution in [3.63, 3.8) is 0 Å². The largest absolute Gasteiger partial charge is 0.290 e. The average molecular weight is 251 g/mol. The Morgan fingerprint density at radius 2 is 1.39 bits per heavy atom. The van der Waals surface area contributed by atoms with E-state index in [0.717, 1.165) is 17.8 Å². The zero-order valence-corrected chi connectivity index (χ0v) is 13.7. The number of hydrogen-bond donors (Lipinski definition) is 0. The zero-order valence-electron chi connectivity index (χ0n) is 13.7. The van der Waals surface area contributed by atoms with Crippen LogP contribution in [0.3, 0.4) is 0 Å². The predicted molar refractivity (Wildman–Crippen MR) is 82.2 cm³/mol. The van der Waals surface area contributed by atoms with Gasteiger partial charge in [-0.25, -0.2) is 0 Å². The first-order chi connectivity index (χ1) is 8.25. The minimum absolute atomic E-state index is 0.539. The van der Waals surface area contributed by atoms with Crippen molar-refractivity contribution in [2.75, 3.05) is 0 Å². The second kappa shape index (κ2) is 6.21. The summed E-state index contributed by atoms with van der Waals surface area (Å²) >= 11 is 0. The standard InChI is InChI=1S/C17H33N/c1-10(2)14-9-15(11(3)4)17(13(7)8)18-16(14)12(5)6/h10-16H,9H2,1-8H3. The molecule has 0 aliphatic carbocycles. The van der Waals surface area contributed by atoms with Crippen molar-refractivity contribution >= 4 is 5.71 Å². The summed E-state index contributed by atoms with van der Waals surface area (Å²) in [7, 11) is 0. The molecule has 3 unspecified atom stereocenters. The molecule has 1 aliphatic rings. The van der Waals surface area contributed by atoms with Gasteiger partial charge in [-0.05, 0) is 41.9 Å². The van der Waals surface area contributed by atoms with Crippen molar-refractivity contribution in [3.05, 3.63) is 0 Å². The van der Waals surface area contributed by atoms with E-state index in [2.05, 4.69) is 55.4 Å². The highest BCUT2D eigenvalue weighted by molar-refractivity contribution is 5.89. The van der Waals surface area contributed by atoms with Gasteiger partial charge in [0.15, 0.2) is 0 Å². The molecule has 0 bridgehead atoms. The molecule has 1 aliphatic heterocycles. The van der Waals surface area contributed by atoms with E-state index in [-0.39, 0.29) is 0 Å². The summed E-state index contributed by atoms with van der Waals surface area (Å²) in [5, 5.41) is 0. The Kier molecular flexibility index (Phi) is 5.43. The first-order valence-corrected chi connectivity index (χ1v) is 7.83. The summed E-state index contributed by atoms with van der Waals surface area (Å²) in [5.41, 5.74) is 1.49. The topological polar surface area (TPSA) is 12.4 Å². The van der Waals surface area contributed by atoms with Gasteiger partial charge in [0.1, 0.15) is 0 Å². The van der Waals surface area contributed by atoms with Gasteiger partial charge in [-0.2, -0.15) is 0 Å². The Balaban J connectivity index is 3.10. The van der Waals surface area contributed by atoms with Crippen LogP contribution in [0.25, 0.3) is 0 Å². The van der Waals surface area contributed by atoms with Crippen LogP contribution in [0, 0.1) is 35.5 Å². The predicted octanol–water partition coefficient (Wildman–Crippen LogP) is 5.06. The Morgan fingerprint density at radius 1 is 0.833 bits per heavy atom. The third-order valence-corrected chi connectivity index (χ3v) is 4.58. The summed E-state index contributed by atoms with van der Waals surface area (Å²) in [6.45, 7) is 18.7. The van der Waals surface area contributed by atoms with Crippen molar-refractivity contribution in [1.29, 1.82) is 0 Å². The van der Waals surface area contributed by atoms with Gasteiger partial charge in [0.05, 0.1) is 6.04 Å². The highest BCUT2D eigenvalue weighted by atomic mass is 14.9. The van der Waals surface area contributed by atoms with Crippen LogP contribution >= 0.6 is 0 Å². The number of aliphatic imine (C=N–C) groups is 1. The molecular formula is C17H33N. The molecule has 0 N–H and O–H groups in total. The molecule has 3 atom stereocenters. The van der Waals surface area contributed by atoms with Crippen molar-refractivity contribution in [2.24, 2.45) is 40.5 Å². The van der Waals surface area contributed by atoms with E-state index in [4.69, 9.17) is 4.99 Å². The van der Waals surface area contributed by atoms with Gasteiger partial charge in [0, 0.05) is 5.71 Å². The maximum absolute atomic E-state index is 5.20.